The van der Waals surface area contributed by atoms with Gasteiger partial charge in [0.1, 0.15) is 11.5 Å². The molecule has 1 amide bonds. The molecule has 0 spiro atoms. The molecular weight excluding hydrogens is 438 g/mol. The number of carbonyl (C=O) groups is 1. The van der Waals surface area contributed by atoms with Crippen molar-refractivity contribution in [3.63, 3.8) is 0 Å². The van der Waals surface area contributed by atoms with Crippen LogP contribution in [0.3, 0.4) is 0 Å². The number of nitro benzene ring substituents is 1. The zero-order chi connectivity index (χ0) is 22.0. The minimum Gasteiger partial charge on any atom is -0.457 e. The normalized spacial score (nSPS) is 17.0. The molecule has 1 aromatic heterocycles. The number of nitrogens with zero attached hydrogens (tertiary/aromatic N) is 1. The van der Waals surface area contributed by atoms with Crippen LogP contribution in [0.4, 0.5) is 11.4 Å². The van der Waals surface area contributed by atoms with Crippen LogP contribution in [-0.2, 0) is 11.2 Å². The van der Waals surface area contributed by atoms with E-state index in [9.17, 15) is 14.9 Å². The summed E-state index contributed by atoms with van der Waals surface area (Å²) >= 11 is 7.53. The lowest BCUT2D eigenvalue weighted by molar-refractivity contribution is -0.384. The molecule has 2 N–H and O–H groups in total. The van der Waals surface area contributed by atoms with Gasteiger partial charge in [-0.25, -0.2) is 0 Å². The Bertz CT molecular complexity index is 1170. The van der Waals surface area contributed by atoms with Crippen molar-refractivity contribution in [3.05, 3.63) is 86.0 Å². The summed E-state index contributed by atoms with van der Waals surface area (Å²) < 4.78 is 5.80. The van der Waals surface area contributed by atoms with E-state index in [1.807, 2.05) is 24.3 Å². The quantitative estimate of drug-likeness (QED) is 0.282. The lowest BCUT2D eigenvalue weighted by Crippen LogP contribution is -2.30. The van der Waals surface area contributed by atoms with Crippen LogP contribution in [0.25, 0.3) is 17.4 Å². The Hall–Kier alpha value is -3.23. The Kier molecular flexibility index (Phi) is 6.01. The Morgan fingerprint density at radius 2 is 2.00 bits per heavy atom. The highest BCUT2D eigenvalue weighted by atomic mass is 35.5. The number of aryl methyl sites for hydroxylation is 1. The first-order chi connectivity index (χ1) is 14.9. The van der Waals surface area contributed by atoms with Crippen LogP contribution in [0.1, 0.15) is 18.2 Å². The van der Waals surface area contributed by atoms with Crippen molar-refractivity contribution < 1.29 is 14.1 Å². The van der Waals surface area contributed by atoms with E-state index >= 15 is 0 Å². The molecule has 1 fully saturated rings. The van der Waals surface area contributed by atoms with Crippen molar-refractivity contribution in [1.29, 1.82) is 0 Å². The summed E-state index contributed by atoms with van der Waals surface area (Å²) in [5.74, 6) is 0.745. The molecule has 2 aromatic carbocycles. The summed E-state index contributed by atoms with van der Waals surface area (Å²) in [5.41, 5.74) is 2.32. The van der Waals surface area contributed by atoms with Crippen molar-refractivity contribution >= 4 is 46.7 Å². The molecule has 7 nitrogen and oxygen atoms in total. The van der Waals surface area contributed by atoms with Crippen molar-refractivity contribution in [2.75, 3.05) is 5.32 Å². The van der Waals surface area contributed by atoms with Gasteiger partial charge < -0.3 is 15.1 Å². The van der Waals surface area contributed by atoms with Gasteiger partial charge in [-0.05, 0) is 42.3 Å². The van der Waals surface area contributed by atoms with Gasteiger partial charge in [-0.2, -0.15) is 0 Å². The molecule has 3 aromatic rings. The summed E-state index contributed by atoms with van der Waals surface area (Å²) in [5, 5.41) is 17.2. The van der Waals surface area contributed by atoms with Gasteiger partial charge in [0.2, 0.25) is 0 Å². The van der Waals surface area contributed by atoms with Crippen LogP contribution < -0.4 is 10.6 Å². The molecule has 158 valence electrons. The number of halogens is 1. The molecule has 0 radical (unpaired) electrons. The van der Waals surface area contributed by atoms with Crippen LogP contribution in [0.2, 0.25) is 5.02 Å². The number of non-ortho nitro benzene ring substituents is 1. The van der Waals surface area contributed by atoms with E-state index in [1.54, 1.807) is 18.2 Å². The monoisotopic (exact) mass is 455 g/mol. The Morgan fingerprint density at radius 1 is 1.23 bits per heavy atom. The first-order valence-corrected chi connectivity index (χ1v) is 10.8. The van der Waals surface area contributed by atoms with Gasteiger partial charge >= 0.3 is 0 Å². The fourth-order valence-corrected chi connectivity index (χ4v) is 4.31. The van der Waals surface area contributed by atoms with E-state index in [-0.39, 0.29) is 22.1 Å². The van der Waals surface area contributed by atoms with Gasteiger partial charge in [0.05, 0.1) is 14.9 Å². The molecule has 1 saturated heterocycles. The van der Waals surface area contributed by atoms with Crippen LogP contribution in [0.5, 0.6) is 0 Å². The average Bonchev–Trinajstić information content (AvgIpc) is 3.35. The van der Waals surface area contributed by atoms with Gasteiger partial charge in [0.15, 0.2) is 5.50 Å². The van der Waals surface area contributed by atoms with E-state index in [0.717, 1.165) is 12.1 Å². The molecule has 9 heteroatoms. The van der Waals surface area contributed by atoms with Gasteiger partial charge in [0.25, 0.3) is 11.6 Å². The van der Waals surface area contributed by atoms with E-state index in [0.29, 0.717) is 22.0 Å². The number of carbonyl (C=O) groups excluding carboxylic acids is 1. The number of nitrogens with one attached hydrogen (secondary N) is 2. The third kappa shape index (κ3) is 4.76. The van der Waals surface area contributed by atoms with Crippen molar-refractivity contribution in [3.8, 4) is 11.3 Å². The molecule has 0 saturated carbocycles. The van der Waals surface area contributed by atoms with Gasteiger partial charge in [0, 0.05) is 29.5 Å². The smallest absolute Gasteiger partial charge is 0.270 e. The zero-order valence-corrected chi connectivity index (χ0v) is 18.0. The summed E-state index contributed by atoms with van der Waals surface area (Å²) in [7, 11) is 0. The lowest BCUT2D eigenvalue weighted by Gasteiger charge is -2.12. The predicted octanol–water partition coefficient (Wildman–Crippen LogP) is 5.67. The number of furan rings is 1. The molecule has 1 atom stereocenters. The van der Waals surface area contributed by atoms with Gasteiger partial charge in [-0.3, -0.25) is 14.9 Å². The number of anilines is 1. The molecule has 0 bridgehead atoms. The maximum Gasteiger partial charge on any atom is 0.270 e. The first-order valence-electron chi connectivity index (χ1n) is 9.52. The number of amides is 1. The predicted molar refractivity (Wildman–Crippen MR) is 123 cm³/mol. The standard InChI is InChI=1S/C22H18ClN3O4S/c1-2-13-3-5-14(6-4-13)24-22-25-21(27)20(31-22)12-16-8-10-19(30-16)17-9-7-15(26(28)29)11-18(17)23/h3-12,22,24H,2H2,1H3,(H,25,27)/b20-12-/t22-/m1/s1. The average molecular weight is 456 g/mol. The summed E-state index contributed by atoms with van der Waals surface area (Å²) in [6.45, 7) is 2.10. The fraction of sp³-hybridized carbons (Fsp3) is 0.136. The maximum atomic E-state index is 12.3. The lowest BCUT2D eigenvalue weighted by atomic mass is 10.1. The van der Waals surface area contributed by atoms with Crippen LogP contribution in [0.15, 0.2) is 63.9 Å². The largest absolute Gasteiger partial charge is 0.457 e. The second-order valence-corrected chi connectivity index (χ2v) is 8.35. The SMILES string of the molecule is CCc1ccc(N[C@@H]2NC(=O)/C(=C/c3ccc(-c4ccc([N+](=O)[O-])cc4Cl)o3)S2)cc1. The molecular formula is C22H18ClN3O4S. The third-order valence-electron chi connectivity index (χ3n) is 4.72. The Morgan fingerprint density at radius 3 is 2.68 bits per heavy atom. The highest BCUT2D eigenvalue weighted by Gasteiger charge is 2.27. The van der Waals surface area contributed by atoms with Crippen LogP contribution in [-0.4, -0.2) is 16.3 Å². The second-order valence-electron chi connectivity index (χ2n) is 6.80. The molecule has 0 aliphatic carbocycles. The molecule has 4 rings (SSSR count). The fourth-order valence-electron chi connectivity index (χ4n) is 3.08. The number of nitro groups is 1. The summed E-state index contributed by atoms with van der Waals surface area (Å²) in [6, 6.07) is 15.7. The maximum absolute atomic E-state index is 12.3. The Labute approximate surface area is 187 Å². The molecule has 2 heterocycles. The topological polar surface area (TPSA) is 97.4 Å². The minimum atomic E-state index is -0.508. The van der Waals surface area contributed by atoms with Crippen LogP contribution >= 0.6 is 23.4 Å². The van der Waals surface area contributed by atoms with E-state index in [1.165, 1.54) is 35.5 Å². The van der Waals surface area contributed by atoms with Gasteiger partial charge in [-0.15, -0.1) is 0 Å². The van der Waals surface area contributed by atoms with E-state index in [2.05, 4.69) is 17.6 Å². The van der Waals surface area contributed by atoms with E-state index in [4.69, 9.17) is 16.0 Å². The number of hydrogen-bond acceptors (Lipinski definition) is 6. The number of hydrogen-bond donors (Lipinski definition) is 2. The molecule has 0 unspecified atom stereocenters. The summed E-state index contributed by atoms with van der Waals surface area (Å²) in [4.78, 5) is 23.2. The Balaban J connectivity index is 1.47. The van der Waals surface area contributed by atoms with Gasteiger partial charge in [-0.1, -0.05) is 42.4 Å². The van der Waals surface area contributed by atoms with Crippen molar-refractivity contribution in [1.82, 2.24) is 5.32 Å². The number of thioether (sulfide) groups is 1. The number of rotatable bonds is 6. The molecule has 1 aliphatic heterocycles. The molecule has 31 heavy (non-hydrogen) atoms. The number of benzene rings is 2. The summed E-state index contributed by atoms with van der Waals surface area (Å²) in [6.07, 6.45) is 2.63. The highest BCUT2D eigenvalue weighted by molar-refractivity contribution is 8.05. The van der Waals surface area contributed by atoms with Crippen molar-refractivity contribution in [2.45, 2.75) is 18.8 Å². The first kappa shape index (κ1) is 21.0. The zero-order valence-electron chi connectivity index (χ0n) is 16.4. The highest BCUT2D eigenvalue weighted by Crippen LogP contribution is 2.34. The van der Waals surface area contributed by atoms with Crippen molar-refractivity contribution in [2.24, 2.45) is 0 Å². The van der Waals surface area contributed by atoms with Crippen LogP contribution in [0, 0.1) is 10.1 Å². The minimum absolute atomic E-state index is 0.0930. The molecule has 1 aliphatic rings. The second kappa shape index (κ2) is 8.87. The van der Waals surface area contributed by atoms with E-state index < -0.39 is 4.92 Å². The third-order valence-corrected chi connectivity index (χ3v) is 6.06.